The molecule has 0 spiro atoms. The number of esters is 1. The number of rotatable bonds is 3. The Labute approximate surface area is 71.3 Å². The van der Waals surface area contributed by atoms with Crippen molar-refractivity contribution in [3.8, 4) is 0 Å². The third-order valence-corrected chi connectivity index (χ3v) is 2.27. The summed E-state index contributed by atoms with van der Waals surface area (Å²) in [5, 5.41) is 2.67. The predicted molar refractivity (Wildman–Crippen MR) is 42.3 cm³/mol. The van der Waals surface area contributed by atoms with Crippen molar-refractivity contribution in [1.82, 2.24) is 5.32 Å². The van der Waals surface area contributed by atoms with Crippen molar-refractivity contribution in [3.63, 3.8) is 0 Å². The van der Waals surface area contributed by atoms with Crippen molar-refractivity contribution in [2.24, 2.45) is 5.92 Å². The summed E-state index contributed by atoms with van der Waals surface area (Å²) in [6, 6.07) is 0.159. The number of methoxy groups -OCH3 is 1. The SMILES string of the molecule is COC(=O)C1CCC(NC=O)C1. The lowest BCUT2D eigenvalue weighted by Gasteiger charge is -2.07. The predicted octanol–water partition coefficient (Wildman–Crippen LogP) is 0.0741. The largest absolute Gasteiger partial charge is 0.469 e. The molecule has 1 saturated carbocycles. The highest BCUT2D eigenvalue weighted by atomic mass is 16.5. The normalized spacial score (nSPS) is 28.1. The number of carbonyl (C=O) groups excluding carboxylic acids is 2. The van der Waals surface area contributed by atoms with E-state index in [4.69, 9.17) is 0 Å². The smallest absolute Gasteiger partial charge is 0.308 e. The molecule has 0 saturated heterocycles. The Morgan fingerprint density at radius 1 is 1.58 bits per heavy atom. The van der Waals surface area contributed by atoms with Crippen LogP contribution in [0.2, 0.25) is 0 Å². The molecular weight excluding hydrogens is 158 g/mol. The lowest BCUT2D eigenvalue weighted by Crippen LogP contribution is -2.25. The van der Waals surface area contributed by atoms with Gasteiger partial charge in [-0.2, -0.15) is 0 Å². The van der Waals surface area contributed by atoms with E-state index in [1.54, 1.807) is 0 Å². The quantitative estimate of drug-likeness (QED) is 0.483. The Balaban J connectivity index is 2.34. The van der Waals surface area contributed by atoms with Crippen LogP contribution in [0.1, 0.15) is 19.3 Å². The average molecular weight is 171 g/mol. The molecule has 1 fully saturated rings. The standard InChI is InChI=1S/C8H13NO3/c1-12-8(11)6-2-3-7(4-6)9-5-10/h5-7H,2-4H2,1H3,(H,9,10). The van der Waals surface area contributed by atoms with Gasteiger partial charge in [0.15, 0.2) is 0 Å². The fourth-order valence-electron chi connectivity index (χ4n) is 1.61. The molecule has 1 amide bonds. The summed E-state index contributed by atoms with van der Waals surface area (Å²) < 4.78 is 4.61. The van der Waals surface area contributed by atoms with E-state index in [1.165, 1.54) is 7.11 Å². The first-order valence-electron chi connectivity index (χ1n) is 4.05. The molecule has 0 aliphatic heterocycles. The number of carbonyl (C=O) groups is 2. The van der Waals surface area contributed by atoms with E-state index in [2.05, 4.69) is 10.1 Å². The van der Waals surface area contributed by atoms with Gasteiger partial charge in [0.2, 0.25) is 6.41 Å². The van der Waals surface area contributed by atoms with Crippen molar-refractivity contribution in [2.45, 2.75) is 25.3 Å². The van der Waals surface area contributed by atoms with E-state index < -0.39 is 0 Å². The highest BCUT2D eigenvalue weighted by Gasteiger charge is 2.29. The van der Waals surface area contributed by atoms with Crippen LogP contribution in [0, 0.1) is 5.92 Å². The Morgan fingerprint density at radius 2 is 2.33 bits per heavy atom. The van der Waals surface area contributed by atoms with Gasteiger partial charge < -0.3 is 10.1 Å². The van der Waals surface area contributed by atoms with Crippen LogP contribution in [0.15, 0.2) is 0 Å². The molecule has 12 heavy (non-hydrogen) atoms. The first-order chi connectivity index (χ1) is 5.77. The molecule has 1 aliphatic carbocycles. The summed E-state index contributed by atoms with van der Waals surface area (Å²) in [7, 11) is 1.39. The van der Waals surface area contributed by atoms with Gasteiger partial charge in [0.1, 0.15) is 0 Å². The molecule has 1 rings (SSSR count). The number of hydrogen-bond acceptors (Lipinski definition) is 3. The van der Waals surface area contributed by atoms with Gasteiger partial charge in [-0.15, -0.1) is 0 Å². The minimum Gasteiger partial charge on any atom is -0.469 e. The summed E-state index contributed by atoms with van der Waals surface area (Å²) >= 11 is 0. The third-order valence-electron chi connectivity index (χ3n) is 2.27. The molecular formula is C8H13NO3. The van der Waals surface area contributed by atoms with E-state index in [9.17, 15) is 9.59 Å². The van der Waals surface area contributed by atoms with Crippen LogP contribution in [0.4, 0.5) is 0 Å². The van der Waals surface area contributed by atoms with E-state index >= 15 is 0 Å². The molecule has 1 aliphatic rings. The topological polar surface area (TPSA) is 55.4 Å². The van der Waals surface area contributed by atoms with Gasteiger partial charge in [0, 0.05) is 6.04 Å². The number of nitrogens with one attached hydrogen (secondary N) is 1. The van der Waals surface area contributed by atoms with Gasteiger partial charge >= 0.3 is 5.97 Å². The highest BCUT2D eigenvalue weighted by molar-refractivity contribution is 5.72. The Hall–Kier alpha value is -1.06. The van der Waals surface area contributed by atoms with Crippen molar-refractivity contribution in [1.29, 1.82) is 0 Å². The molecule has 0 aromatic carbocycles. The summed E-state index contributed by atoms with van der Waals surface area (Å²) in [5.74, 6) is -0.183. The van der Waals surface area contributed by atoms with Crippen molar-refractivity contribution >= 4 is 12.4 Å². The molecule has 4 heteroatoms. The molecule has 0 bridgehead atoms. The van der Waals surface area contributed by atoms with Crippen LogP contribution >= 0.6 is 0 Å². The van der Waals surface area contributed by atoms with Crippen LogP contribution in [0.25, 0.3) is 0 Å². The van der Waals surface area contributed by atoms with Gasteiger partial charge in [-0.1, -0.05) is 0 Å². The second-order valence-corrected chi connectivity index (χ2v) is 3.01. The lowest BCUT2D eigenvalue weighted by atomic mass is 10.1. The molecule has 0 heterocycles. The fraction of sp³-hybridized carbons (Fsp3) is 0.750. The van der Waals surface area contributed by atoms with Gasteiger partial charge in [-0.05, 0) is 19.3 Å². The zero-order chi connectivity index (χ0) is 8.97. The van der Waals surface area contributed by atoms with E-state index in [1.807, 2.05) is 0 Å². The summed E-state index contributed by atoms with van der Waals surface area (Å²) in [6.07, 6.45) is 3.09. The molecule has 2 atom stereocenters. The molecule has 1 N–H and O–H groups in total. The van der Waals surface area contributed by atoms with Crippen LogP contribution < -0.4 is 5.32 Å². The minimum absolute atomic E-state index is 0.0209. The van der Waals surface area contributed by atoms with Crippen LogP contribution in [-0.2, 0) is 14.3 Å². The van der Waals surface area contributed by atoms with Crippen LogP contribution in [0.5, 0.6) is 0 Å². The summed E-state index contributed by atoms with van der Waals surface area (Å²) in [6.45, 7) is 0. The zero-order valence-corrected chi connectivity index (χ0v) is 7.08. The zero-order valence-electron chi connectivity index (χ0n) is 7.08. The first kappa shape index (κ1) is 9.03. The second kappa shape index (κ2) is 4.09. The van der Waals surface area contributed by atoms with Gasteiger partial charge in [-0.3, -0.25) is 9.59 Å². The molecule has 0 aromatic rings. The van der Waals surface area contributed by atoms with Crippen LogP contribution in [-0.4, -0.2) is 25.5 Å². The lowest BCUT2D eigenvalue weighted by molar-refractivity contribution is -0.145. The van der Waals surface area contributed by atoms with Gasteiger partial charge in [0.25, 0.3) is 0 Å². The first-order valence-corrected chi connectivity index (χ1v) is 4.05. The molecule has 0 aromatic heterocycles. The fourth-order valence-corrected chi connectivity index (χ4v) is 1.61. The van der Waals surface area contributed by atoms with Crippen LogP contribution in [0.3, 0.4) is 0 Å². The number of hydrogen-bond donors (Lipinski definition) is 1. The Kier molecular flexibility index (Phi) is 3.08. The van der Waals surface area contributed by atoms with Crippen molar-refractivity contribution in [2.75, 3.05) is 7.11 Å². The van der Waals surface area contributed by atoms with Crippen molar-refractivity contribution in [3.05, 3.63) is 0 Å². The maximum atomic E-state index is 11.0. The molecule has 2 unspecified atom stereocenters. The maximum absolute atomic E-state index is 11.0. The number of ether oxygens (including phenoxy) is 1. The summed E-state index contributed by atoms with van der Waals surface area (Å²) in [4.78, 5) is 21.1. The monoisotopic (exact) mass is 171 g/mol. The molecule has 68 valence electrons. The van der Waals surface area contributed by atoms with Gasteiger partial charge in [-0.25, -0.2) is 0 Å². The van der Waals surface area contributed by atoms with Crippen molar-refractivity contribution < 1.29 is 14.3 Å². The van der Waals surface area contributed by atoms with E-state index in [0.29, 0.717) is 12.8 Å². The Bertz CT molecular complexity index is 181. The molecule has 0 radical (unpaired) electrons. The average Bonchev–Trinajstić information content (AvgIpc) is 2.52. The highest BCUT2D eigenvalue weighted by Crippen LogP contribution is 2.25. The van der Waals surface area contributed by atoms with E-state index in [-0.39, 0.29) is 17.9 Å². The summed E-state index contributed by atoms with van der Waals surface area (Å²) in [5.41, 5.74) is 0. The third kappa shape index (κ3) is 1.96. The van der Waals surface area contributed by atoms with Gasteiger partial charge in [0.05, 0.1) is 13.0 Å². The Morgan fingerprint density at radius 3 is 2.92 bits per heavy atom. The second-order valence-electron chi connectivity index (χ2n) is 3.01. The number of amides is 1. The maximum Gasteiger partial charge on any atom is 0.308 e. The van der Waals surface area contributed by atoms with E-state index in [0.717, 1.165) is 12.8 Å². The minimum atomic E-state index is -0.162. The molecule has 4 nitrogen and oxygen atoms in total.